The lowest BCUT2D eigenvalue weighted by Crippen LogP contribution is -2.48. The highest BCUT2D eigenvalue weighted by atomic mass is 32.1. The first-order valence-corrected chi connectivity index (χ1v) is 11.0. The number of carbonyl (C=O) groups excluding carboxylic acids is 2. The van der Waals surface area contributed by atoms with E-state index in [1.54, 1.807) is 0 Å². The molecular formula is C23H27N5O2S. The minimum Gasteiger partial charge on any atom is -0.326 e. The van der Waals surface area contributed by atoms with E-state index < -0.39 is 12.1 Å². The lowest BCUT2D eigenvalue weighted by Gasteiger charge is -2.21. The Hall–Kier alpha value is -3.26. The standard InChI is InChI=1S/C23H27N5O2S/c1-5-16-7-6-8-18(13-16)24-22(30)25-19(14(2)3)20(29)26-23-28-27-21(31-23)17-11-9-15(4)10-12-17/h6-14,19H,5H2,1-4H3,(H2,24,25,30)(H,26,28,29). The molecule has 162 valence electrons. The van der Waals surface area contributed by atoms with E-state index in [2.05, 4.69) is 33.1 Å². The third-order valence-corrected chi connectivity index (χ3v) is 5.67. The van der Waals surface area contributed by atoms with Gasteiger partial charge < -0.3 is 10.6 Å². The highest BCUT2D eigenvalue weighted by molar-refractivity contribution is 7.18. The van der Waals surface area contributed by atoms with Crippen LogP contribution in [-0.2, 0) is 11.2 Å². The lowest BCUT2D eigenvalue weighted by molar-refractivity contribution is -0.118. The summed E-state index contributed by atoms with van der Waals surface area (Å²) in [6, 6.07) is 14.4. The molecule has 0 aliphatic heterocycles. The van der Waals surface area contributed by atoms with Gasteiger partial charge in [0, 0.05) is 11.3 Å². The molecule has 3 rings (SSSR count). The number of carbonyl (C=O) groups is 2. The van der Waals surface area contributed by atoms with E-state index in [1.807, 2.05) is 69.3 Å². The maximum absolute atomic E-state index is 12.8. The highest BCUT2D eigenvalue weighted by Crippen LogP contribution is 2.26. The number of hydrogen-bond donors (Lipinski definition) is 3. The summed E-state index contributed by atoms with van der Waals surface area (Å²) in [6.07, 6.45) is 0.876. The predicted octanol–water partition coefficient (Wildman–Crippen LogP) is 4.86. The Balaban J connectivity index is 1.63. The molecular weight excluding hydrogens is 410 g/mol. The topological polar surface area (TPSA) is 96.0 Å². The van der Waals surface area contributed by atoms with Crippen LogP contribution in [0.4, 0.5) is 15.6 Å². The first kappa shape index (κ1) is 22.4. The second kappa shape index (κ2) is 10.2. The minimum absolute atomic E-state index is 0.114. The molecule has 0 fully saturated rings. The van der Waals surface area contributed by atoms with Crippen molar-refractivity contribution in [2.75, 3.05) is 10.6 Å². The molecule has 0 radical (unpaired) electrons. The van der Waals surface area contributed by atoms with Crippen LogP contribution in [0.2, 0.25) is 0 Å². The summed E-state index contributed by atoms with van der Waals surface area (Å²) < 4.78 is 0. The van der Waals surface area contributed by atoms with Gasteiger partial charge in [-0.1, -0.05) is 74.1 Å². The zero-order valence-corrected chi connectivity index (χ0v) is 18.9. The van der Waals surface area contributed by atoms with E-state index in [0.717, 1.165) is 28.1 Å². The molecule has 31 heavy (non-hydrogen) atoms. The number of aromatic nitrogens is 2. The van der Waals surface area contributed by atoms with E-state index in [1.165, 1.54) is 11.3 Å². The van der Waals surface area contributed by atoms with Crippen LogP contribution in [0, 0.1) is 12.8 Å². The summed E-state index contributed by atoms with van der Waals surface area (Å²) in [4.78, 5) is 25.3. The van der Waals surface area contributed by atoms with Crippen LogP contribution in [0.1, 0.15) is 31.9 Å². The van der Waals surface area contributed by atoms with Crippen molar-refractivity contribution in [1.29, 1.82) is 0 Å². The fraction of sp³-hybridized carbons (Fsp3) is 0.304. The van der Waals surface area contributed by atoms with E-state index >= 15 is 0 Å². The fourth-order valence-electron chi connectivity index (χ4n) is 2.98. The maximum Gasteiger partial charge on any atom is 0.319 e. The molecule has 2 aromatic carbocycles. The monoisotopic (exact) mass is 437 g/mol. The van der Waals surface area contributed by atoms with Crippen LogP contribution >= 0.6 is 11.3 Å². The third kappa shape index (κ3) is 6.11. The predicted molar refractivity (Wildman–Crippen MR) is 125 cm³/mol. The van der Waals surface area contributed by atoms with Gasteiger partial charge in [0.1, 0.15) is 11.0 Å². The van der Waals surface area contributed by atoms with Crippen molar-refractivity contribution >= 4 is 34.1 Å². The van der Waals surface area contributed by atoms with Gasteiger partial charge in [0.25, 0.3) is 0 Å². The van der Waals surface area contributed by atoms with Crippen LogP contribution in [0.5, 0.6) is 0 Å². The van der Waals surface area contributed by atoms with Gasteiger partial charge in [-0.15, -0.1) is 10.2 Å². The number of anilines is 2. The van der Waals surface area contributed by atoms with Gasteiger partial charge in [-0.3, -0.25) is 10.1 Å². The molecule has 0 bridgehead atoms. The Morgan fingerprint density at radius 3 is 2.45 bits per heavy atom. The number of nitrogens with one attached hydrogen (secondary N) is 3. The molecule has 7 nitrogen and oxygen atoms in total. The third-order valence-electron chi connectivity index (χ3n) is 4.78. The molecule has 0 saturated heterocycles. The van der Waals surface area contributed by atoms with Gasteiger partial charge in [0.2, 0.25) is 11.0 Å². The Labute approximate surface area is 186 Å². The normalized spacial score (nSPS) is 11.8. The molecule has 3 aromatic rings. The molecule has 3 N–H and O–H groups in total. The average molecular weight is 438 g/mol. The molecule has 0 spiro atoms. The second-order valence-electron chi connectivity index (χ2n) is 7.64. The smallest absolute Gasteiger partial charge is 0.319 e. The Bertz CT molecular complexity index is 1050. The average Bonchev–Trinajstić information content (AvgIpc) is 3.20. The second-order valence-corrected chi connectivity index (χ2v) is 8.62. The van der Waals surface area contributed by atoms with Crippen molar-refractivity contribution in [3.05, 3.63) is 59.7 Å². The number of hydrogen-bond acceptors (Lipinski definition) is 5. The highest BCUT2D eigenvalue weighted by Gasteiger charge is 2.25. The Kier molecular flexibility index (Phi) is 7.36. The van der Waals surface area contributed by atoms with Crippen molar-refractivity contribution < 1.29 is 9.59 Å². The summed E-state index contributed by atoms with van der Waals surface area (Å²) in [6.45, 7) is 7.82. The molecule has 1 aromatic heterocycles. The SMILES string of the molecule is CCc1cccc(NC(=O)NC(C(=O)Nc2nnc(-c3ccc(C)cc3)s2)C(C)C)c1. The molecule has 3 amide bonds. The summed E-state index contributed by atoms with van der Waals surface area (Å²) in [5.41, 5.74) is 3.91. The summed E-state index contributed by atoms with van der Waals surface area (Å²) in [7, 11) is 0. The van der Waals surface area contributed by atoms with Gasteiger partial charge in [-0.2, -0.15) is 0 Å². The van der Waals surface area contributed by atoms with Crippen molar-refractivity contribution in [3.8, 4) is 10.6 Å². The van der Waals surface area contributed by atoms with Crippen LogP contribution in [0.15, 0.2) is 48.5 Å². The van der Waals surface area contributed by atoms with Crippen molar-refractivity contribution in [2.45, 2.75) is 40.2 Å². The van der Waals surface area contributed by atoms with Gasteiger partial charge in [0.15, 0.2) is 0 Å². The number of aryl methyl sites for hydroxylation is 2. The van der Waals surface area contributed by atoms with Gasteiger partial charge in [-0.25, -0.2) is 4.79 Å². The van der Waals surface area contributed by atoms with E-state index in [9.17, 15) is 9.59 Å². The zero-order chi connectivity index (χ0) is 22.4. The van der Waals surface area contributed by atoms with Crippen LogP contribution < -0.4 is 16.0 Å². The van der Waals surface area contributed by atoms with Gasteiger partial charge in [-0.05, 0) is 37.0 Å². The Morgan fingerprint density at radius 2 is 1.77 bits per heavy atom. The zero-order valence-electron chi connectivity index (χ0n) is 18.1. The van der Waals surface area contributed by atoms with E-state index in [4.69, 9.17) is 0 Å². The van der Waals surface area contributed by atoms with E-state index in [-0.39, 0.29) is 11.8 Å². The summed E-state index contributed by atoms with van der Waals surface area (Å²) in [5.74, 6) is -0.448. The molecule has 0 aliphatic carbocycles. The number of amides is 3. The molecule has 0 aliphatic rings. The lowest BCUT2D eigenvalue weighted by atomic mass is 10.0. The Morgan fingerprint density at radius 1 is 1.03 bits per heavy atom. The van der Waals surface area contributed by atoms with Gasteiger partial charge >= 0.3 is 6.03 Å². The molecule has 8 heteroatoms. The molecule has 0 saturated carbocycles. The molecule has 1 atom stereocenters. The summed E-state index contributed by atoms with van der Waals surface area (Å²) >= 11 is 1.29. The maximum atomic E-state index is 12.8. The van der Waals surface area contributed by atoms with E-state index in [0.29, 0.717) is 10.8 Å². The minimum atomic E-state index is -0.721. The first-order valence-electron chi connectivity index (χ1n) is 10.2. The fourth-order valence-corrected chi connectivity index (χ4v) is 3.73. The van der Waals surface area contributed by atoms with Crippen molar-refractivity contribution in [3.63, 3.8) is 0 Å². The van der Waals surface area contributed by atoms with Crippen LogP contribution in [0.25, 0.3) is 10.6 Å². The largest absolute Gasteiger partial charge is 0.326 e. The number of benzene rings is 2. The summed E-state index contributed by atoms with van der Waals surface area (Å²) in [5, 5.41) is 17.7. The molecule has 1 unspecified atom stereocenters. The van der Waals surface area contributed by atoms with Crippen LogP contribution in [0.3, 0.4) is 0 Å². The number of nitrogens with zero attached hydrogens (tertiary/aromatic N) is 2. The first-order chi connectivity index (χ1) is 14.9. The van der Waals surface area contributed by atoms with Crippen molar-refractivity contribution in [1.82, 2.24) is 15.5 Å². The van der Waals surface area contributed by atoms with Gasteiger partial charge in [0.05, 0.1) is 0 Å². The number of urea groups is 1. The van der Waals surface area contributed by atoms with Crippen molar-refractivity contribution in [2.24, 2.45) is 5.92 Å². The molecule has 1 heterocycles. The van der Waals surface area contributed by atoms with Crippen LogP contribution in [-0.4, -0.2) is 28.2 Å². The number of rotatable bonds is 7. The quantitative estimate of drug-likeness (QED) is 0.492.